The quantitative estimate of drug-likeness (QED) is 0.0210. The smallest absolute Gasteiger partial charge is 0.220 e. The maximum absolute atomic E-state index is 13.2. The summed E-state index contributed by atoms with van der Waals surface area (Å²) in [6.45, 7) is 1.57. The van der Waals surface area contributed by atoms with E-state index in [1.165, 1.54) is 186 Å². The van der Waals surface area contributed by atoms with Crippen molar-refractivity contribution in [1.82, 2.24) is 5.32 Å². The summed E-state index contributed by atoms with van der Waals surface area (Å²) in [5, 5.41) is 119. The number of ether oxygens (including phenoxy) is 6. The number of nitrogens with one attached hydrogen (secondary N) is 1. The molecular formula is C63H119NO18. The van der Waals surface area contributed by atoms with Crippen molar-refractivity contribution in [2.24, 2.45) is 0 Å². The lowest BCUT2D eigenvalue weighted by Gasteiger charge is -2.48. The summed E-state index contributed by atoms with van der Waals surface area (Å²) in [5.74, 6) is -0.280. The fourth-order valence-corrected chi connectivity index (χ4v) is 11.4. The van der Waals surface area contributed by atoms with E-state index in [1.54, 1.807) is 6.08 Å². The topological polar surface area (TPSA) is 307 Å². The van der Waals surface area contributed by atoms with Crippen molar-refractivity contribution in [2.75, 3.05) is 26.4 Å². The summed E-state index contributed by atoms with van der Waals surface area (Å²) in [7, 11) is 0. The molecule has 19 nitrogen and oxygen atoms in total. The maximum atomic E-state index is 13.2. The number of allylic oxidation sites excluding steroid dienone is 1. The lowest BCUT2D eigenvalue weighted by molar-refractivity contribution is -0.379. The van der Waals surface area contributed by atoms with Crippen LogP contribution in [0.1, 0.15) is 251 Å². The van der Waals surface area contributed by atoms with Gasteiger partial charge in [-0.05, 0) is 12.8 Å². The van der Waals surface area contributed by atoms with Crippen molar-refractivity contribution < 1.29 is 89.4 Å². The van der Waals surface area contributed by atoms with Crippen LogP contribution in [0, 0.1) is 0 Å². The largest absolute Gasteiger partial charge is 0.394 e. The van der Waals surface area contributed by atoms with Crippen molar-refractivity contribution >= 4 is 5.91 Å². The number of hydrogen-bond donors (Lipinski definition) is 12. The predicted molar refractivity (Wildman–Crippen MR) is 314 cm³/mol. The van der Waals surface area contributed by atoms with E-state index in [-0.39, 0.29) is 18.9 Å². The Bertz CT molecular complexity index is 1550. The molecule has 19 heteroatoms. The molecule has 0 saturated carbocycles. The van der Waals surface area contributed by atoms with E-state index in [0.717, 1.165) is 32.1 Å². The summed E-state index contributed by atoms with van der Waals surface area (Å²) < 4.78 is 34.0. The van der Waals surface area contributed by atoms with Crippen LogP contribution in [0.15, 0.2) is 12.2 Å². The molecule has 0 spiro atoms. The van der Waals surface area contributed by atoms with Gasteiger partial charge in [0, 0.05) is 6.42 Å². The first-order chi connectivity index (χ1) is 39.8. The molecule has 3 heterocycles. The lowest BCUT2D eigenvalue weighted by Crippen LogP contribution is -2.66. The van der Waals surface area contributed by atoms with Crippen LogP contribution in [0.3, 0.4) is 0 Å². The summed E-state index contributed by atoms with van der Waals surface area (Å²) in [5.41, 5.74) is 0. The first kappa shape index (κ1) is 74.8. The molecule has 3 aliphatic rings. The van der Waals surface area contributed by atoms with Gasteiger partial charge in [0.2, 0.25) is 5.91 Å². The number of carbonyl (C=O) groups is 1. The summed E-state index contributed by atoms with van der Waals surface area (Å²) in [6.07, 6.45) is 23.4. The Labute approximate surface area is 493 Å². The highest BCUT2D eigenvalue weighted by molar-refractivity contribution is 5.76. The molecule has 0 aliphatic carbocycles. The van der Waals surface area contributed by atoms with Crippen LogP contribution < -0.4 is 5.32 Å². The second kappa shape index (κ2) is 46.7. The van der Waals surface area contributed by atoms with E-state index in [9.17, 15) is 61.0 Å². The molecule has 3 aliphatic heterocycles. The van der Waals surface area contributed by atoms with Crippen LogP contribution in [0.2, 0.25) is 0 Å². The van der Waals surface area contributed by atoms with Gasteiger partial charge in [0.15, 0.2) is 18.9 Å². The van der Waals surface area contributed by atoms with Gasteiger partial charge in [0.1, 0.15) is 73.2 Å². The van der Waals surface area contributed by atoms with Crippen LogP contribution in [-0.4, -0.2) is 193 Å². The zero-order valence-corrected chi connectivity index (χ0v) is 50.7. The molecule has 1 amide bonds. The molecule has 17 atom stereocenters. The van der Waals surface area contributed by atoms with Gasteiger partial charge in [-0.15, -0.1) is 0 Å². The monoisotopic (exact) mass is 1180 g/mol. The molecule has 0 aromatic heterocycles. The molecule has 0 radical (unpaired) electrons. The van der Waals surface area contributed by atoms with Crippen LogP contribution in [-0.2, 0) is 33.2 Å². The highest BCUT2D eigenvalue weighted by Gasteiger charge is 2.53. The number of unbranched alkanes of at least 4 members (excludes halogenated alkanes) is 34. The molecule has 484 valence electrons. The van der Waals surface area contributed by atoms with Gasteiger partial charge in [-0.25, -0.2) is 0 Å². The van der Waals surface area contributed by atoms with E-state index in [1.807, 2.05) is 13.0 Å². The van der Waals surface area contributed by atoms with Gasteiger partial charge in [0.25, 0.3) is 0 Å². The highest BCUT2D eigenvalue weighted by Crippen LogP contribution is 2.33. The van der Waals surface area contributed by atoms with Crippen molar-refractivity contribution in [3.05, 3.63) is 12.2 Å². The van der Waals surface area contributed by atoms with Crippen molar-refractivity contribution in [2.45, 2.75) is 356 Å². The minimum absolute atomic E-state index is 0.247. The molecule has 3 fully saturated rings. The average Bonchev–Trinajstić information content (AvgIpc) is 3.50. The van der Waals surface area contributed by atoms with Crippen molar-refractivity contribution in [1.29, 1.82) is 0 Å². The number of hydrogen-bond acceptors (Lipinski definition) is 18. The Kier molecular flexibility index (Phi) is 42.5. The SMILES string of the molecule is CCCC/C=C/C(O)C(COC1OC(CO)C(OC2OC(CO)C(OC3OC(CO)C(O)C(O)C3O)C(O)C2O)C(O)C1O)NC(=O)CCCCCCCCCCCCCCCCCCCCCCCCCCCCCCCCCCC. The van der Waals surface area contributed by atoms with Crippen molar-refractivity contribution in [3.63, 3.8) is 0 Å². The van der Waals surface area contributed by atoms with E-state index >= 15 is 0 Å². The van der Waals surface area contributed by atoms with E-state index < -0.39 is 124 Å². The Morgan fingerprint density at radius 2 is 0.756 bits per heavy atom. The fraction of sp³-hybridized carbons (Fsp3) is 0.952. The van der Waals surface area contributed by atoms with Gasteiger partial charge >= 0.3 is 0 Å². The van der Waals surface area contributed by atoms with Crippen molar-refractivity contribution in [3.8, 4) is 0 Å². The van der Waals surface area contributed by atoms with Gasteiger partial charge in [-0.3, -0.25) is 4.79 Å². The molecule has 0 aromatic carbocycles. The minimum Gasteiger partial charge on any atom is -0.394 e. The molecule has 3 rings (SSSR count). The third kappa shape index (κ3) is 29.5. The second-order valence-corrected chi connectivity index (χ2v) is 23.9. The molecule has 82 heavy (non-hydrogen) atoms. The summed E-state index contributed by atoms with van der Waals surface area (Å²) in [6, 6.07) is -0.964. The van der Waals surface area contributed by atoms with E-state index in [2.05, 4.69) is 12.2 Å². The van der Waals surface area contributed by atoms with Gasteiger partial charge in [-0.1, -0.05) is 244 Å². The number of carbonyl (C=O) groups excluding carboxylic acids is 1. The van der Waals surface area contributed by atoms with Crippen LogP contribution in [0.4, 0.5) is 0 Å². The Balaban J connectivity index is 1.25. The summed E-state index contributed by atoms with van der Waals surface area (Å²) >= 11 is 0. The first-order valence-electron chi connectivity index (χ1n) is 32.9. The zero-order valence-electron chi connectivity index (χ0n) is 50.7. The number of aliphatic hydroxyl groups excluding tert-OH is 11. The lowest BCUT2D eigenvalue weighted by atomic mass is 9.96. The molecule has 17 unspecified atom stereocenters. The summed E-state index contributed by atoms with van der Waals surface area (Å²) in [4.78, 5) is 13.2. The standard InChI is InChI=1S/C63H119NO18/c1-3-5-7-9-10-11-12-13-14-15-16-17-18-19-20-21-22-23-24-25-26-27-28-29-30-31-32-33-34-35-36-37-39-41-51(69)64-46(47(68)40-38-8-6-4-2)45-77-61-57(75)54(72)59(49(43-66)79-61)82-63-58(76)55(73)60(50(44-67)80-63)81-62-56(74)53(71)52(70)48(42-65)78-62/h38,40,46-50,52-63,65-68,70-76H,3-37,39,41-45H2,1-2H3,(H,64,69)/b40-38+. The predicted octanol–water partition coefficient (Wildman–Crippen LogP) is 7.33. The second-order valence-electron chi connectivity index (χ2n) is 23.9. The molecule has 3 saturated heterocycles. The molecule has 12 N–H and O–H groups in total. The van der Waals surface area contributed by atoms with Gasteiger partial charge in [0.05, 0.1) is 38.6 Å². The number of aliphatic hydroxyl groups is 11. The zero-order chi connectivity index (χ0) is 59.7. The van der Waals surface area contributed by atoms with Gasteiger partial charge in [-0.2, -0.15) is 0 Å². The van der Waals surface area contributed by atoms with Gasteiger partial charge < -0.3 is 89.9 Å². The number of rotatable bonds is 50. The molecule has 0 bridgehead atoms. The Hall–Kier alpha value is -1.47. The van der Waals surface area contributed by atoms with Crippen LogP contribution in [0.5, 0.6) is 0 Å². The Morgan fingerprint density at radius 3 is 1.13 bits per heavy atom. The van der Waals surface area contributed by atoms with E-state index in [0.29, 0.717) is 12.8 Å². The third-order valence-corrected chi connectivity index (χ3v) is 16.8. The average molecular weight is 1180 g/mol. The van der Waals surface area contributed by atoms with Crippen LogP contribution >= 0.6 is 0 Å². The highest BCUT2D eigenvalue weighted by atomic mass is 16.8. The molecule has 0 aromatic rings. The number of amides is 1. The van der Waals surface area contributed by atoms with Crippen LogP contribution in [0.25, 0.3) is 0 Å². The first-order valence-corrected chi connectivity index (χ1v) is 32.9. The molecular weight excluding hydrogens is 1060 g/mol. The third-order valence-electron chi connectivity index (χ3n) is 16.8. The normalized spacial score (nSPS) is 29.6. The van der Waals surface area contributed by atoms with E-state index in [4.69, 9.17) is 28.4 Å². The Morgan fingerprint density at radius 1 is 0.427 bits per heavy atom. The minimum atomic E-state index is -1.97. The maximum Gasteiger partial charge on any atom is 0.220 e. The fourth-order valence-electron chi connectivity index (χ4n) is 11.4.